The molecule has 1 aromatic heterocycles. The van der Waals surface area contributed by atoms with Crippen molar-refractivity contribution in [1.29, 1.82) is 0 Å². The van der Waals surface area contributed by atoms with Crippen LogP contribution in [0.25, 0.3) is 0 Å². The van der Waals surface area contributed by atoms with E-state index in [2.05, 4.69) is 15.3 Å². The van der Waals surface area contributed by atoms with Gasteiger partial charge in [-0.15, -0.1) is 0 Å². The fourth-order valence-electron chi connectivity index (χ4n) is 2.12. The SMILES string of the molecule is CCC(C(=O)NCCc1ncc[nH]1)c1ccccc1. The molecule has 4 heteroatoms. The molecular weight excluding hydrogens is 238 g/mol. The Morgan fingerprint density at radius 2 is 2.16 bits per heavy atom. The summed E-state index contributed by atoms with van der Waals surface area (Å²) in [6.45, 7) is 2.64. The predicted octanol–water partition coefficient (Wildman–Crippen LogP) is 2.26. The minimum atomic E-state index is -0.0715. The summed E-state index contributed by atoms with van der Waals surface area (Å²) in [6, 6.07) is 9.90. The number of nitrogens with zero attached hydrogens (tertiary/aromatic N) is 1. The molecule has 4 nitrogen and oxygen atoms in total. The monoisotopic (exact) mass is 257 g/mol. The average Bonchev–Trinajstić information content (AvgIpc) is 2.94. The van der Waals surface area contributed by atoms with Gasteiger partial charge in [-0.2, -0.15) is 0 Å². The van der Waals surface area contributed by atoms with Crippen LogP contribution in [0.2, 0.25) is 0 Å². The van der Waals surface area contributed by atoms with E-state index in [-0.39, 0.29) is 11.8 Å². The van der Waals surface area contributed by atoms with Crippen LogP contribution in [-0.2, 0) is 11.2 Å². The van der Waals surface area contributed by atoms with E-state index in [0.29, 0.717) is 6.54 Å². The highest BCUT2D eigenvalue weighted by molar-refractivity contribution is 5.83. The number of hydrogen-bond acceptors (Lipinski definition) is 2. The molecule has 0 saturated heterocycles. The Morgan fingerprint density at radius 3 is 2.79 bits per heavy atom. The predicted molar refractivity (Wildman–Crippen MR) is 74.8 cm³/mol. The molecule has 0 fully saturated rings. The first-order valence-electron chi connectivity index (χ1n) is 6.62. The first kappa shape index (κ1) is 13.3. The summed E-state index contributed by atoms with van der Waals surface area (Å²) in [5.74, 6) is 0.908. The van der Waals surface area contributed by atoms with Crippen LogP contribution in [0.5, 0.6) is 0 Å². The third-order valence-electron chi connectivity index (χ3n) is 3.14. The van der Waals surface area contributed by atoms with Gasteiger partial charge in [0.2, 0.25) is 5.91 Å². The molecule has 1 amide bonds. The molecule has 0 saturated carbocycles. The highest BCUT2D eigenvalue weighted by Crippen LogP contribution is 2.18. The lowest BCUT2D eigenvalue weighted by Gasteiger charge is -2.15. The molecule has 1 aromatic carbocycles. The second-order valence-corrected chi connectivity index (χ2v) is 4.45. The van der Waals surface area contributed by atoms with Gasteiger partial charge in [0.25, 0.3) is 0 Å². The van der Waals surface area contributed by atoms with Gasteiger partial charge in [-0.25, -0.2) is 4.98 Å². The molecule has 0 spiro atoms. The van der Waals surface area contributed by atoms with Crippen LogP contribution in [0.1, 0.15) is 30.7 Å². The standard InChI is InChI=1S/C15H19N3O/c1-2-13(12-6-4-3-5-7-12)15(19)18-9-8-14-16-10-11-17-14/h3-7,10-11,13H,2,8-9H2,1H3,(H,16,17)(H,18,19). The maximum atomic E-state index is 12.2. The van der Waals surface area contributed by atoms with E-state index in [1.165, 1.54) is 0 Å². The number of aromatic amines is 1. The summed E-state index contributed by atoms with van der Waals surface area (Å²) in [5.41, 5.74) is 1.07. The van der Waals surface area contributed by atoms with Crippen molar-refractivity contribution in [3.05, 3.63) is 54.1 Å². The smallest absolute Gasteiger partial charge is 0.227 e. The third-order valence-corrected chi connectivity index (χ3v) is 3.14. The van der Waals surface area contributed by atoms with Gasteiger partial charge in [-0.1, -0.05) is 37.3 Å². The number of nitrogens with one attached hydrogen (secondary N) is 2. The molecule has 0 aliphatic carbocycles. The number of carbonyl (C=O) groups excluding carboxylic acids is 1. The second kappa shape index (κ2) is 6.73. The number of amides is 1. The highest BCUT2D eigenvalue weighted by atomic mass is 16.1. The number of hydrogen-bond donors (Lipinski definition) is 2. The second-order valence-electron chi connectivity index (χ2n) is 4.45. The molecule has 1 heterocycles. The Morgan fingerprint density at radius 1 is 1.37 bits per heavy atom. The lowest BCUT2D eigenvalue weighted by Crippen LogP contribution is -2.31. The fraction of sp³-hybridized carbons (Fsp3) is 0.333. The molecule has 0 aliphatic rings. The van der Waals surface area contributed by atoms with E-state index in [1.54, 1.807) is 12.4 Å². The van der Waals surface area contributed by atoms with E-state index < -0.39 is 0 Å². The molecule has 2 rings (SSSR count). The van der Waals surface area contributed by atoms with Crippen LogP contribution in [-0.4, -0.2) is 22.4 Å². The van der Waals surface area contributed by atoms with Gasteiger partial charge < -0.3 is 10.3 Å². The van der Waals surface area contributed by atoms with Crippen LogP contribution in [0.3, 0.4) is 0 Å². The van der Waals surface area contributed by atoms with Gasteiger partial charge in [0.05, 0.1) is 5.92 Å². The maximum Gasteiger partial charge on any atom is 0.227 e. The summed E-state index contributed by atoms with van der Waals surface area (Å²) in [7, 11) is 0. The van der Waals surface area contributed by atoms with Crippen molar-refractivity contribution in [1.82, 2.24) is 15.3 Å². The van der Waals surface area contributed by atoms with Crippen LogP contribution >= 0.6 is 0 Å². The van der Waals surface area contributed by atoms with Crippen molar-refractivity contribution in [3.63, 3.8) is 0 Å². The first-order valence-corrected chi connectivity index (χ1v) is 6.62. The van der Waals surface area contributed by atoms with E-state index in [9.17, 15) is 4.79 Å². The Bertz CT molecular complexity index is 493. The van der Waals surface area contributed by atoms with Crippen LogP contribution in [0.4, 0.5) is 0 Å². The number of aromatic nitrogens is 2. The fourth-order valence-corrected chi connectivity index (χ4v) is 2.12. The van der Waals surface area contributed by atoms with E-state index in [4.69, 9.17) is 0 Å². The van der Waals surface area contributed by atoms with Gasteiger partial charge >= 0.3 is 0 Å². The van der Waals surface area contributed by atoms with Crippen LogP contribution in [0.15, 0.2) is 42.7 Å². The average molecular weight is 257 g/mol. The molecule has 100 valence electrons. The molecular formula is C15H19N3O. The molecule has 0 aliphatic heterocycles. The number of rotatable bonds is 6. The molecule has 2 N–H and O–H groups in total. The maximum absolute atomic E-state index is 12.2. The lowest BCUT2D eigenvalue weighted by atomic mass is 9.96. The third kappa shape index (κ3) is 3.68. The molecule has 19 heavy (non-hydrogen) atoms. The van der Waals surface area contributed by atoms with E-state index in [1.807, 2.05) is 37.3 Å². The van der Waals surface area contributed by atoms with Gasteiger partial charge in [-0.05, 0) is 12.0 Å². The Kier molecular flexibility index (Phi) is 4.72. The first-order chi connectivity index (χ1) is 9.31. The van der Waals surface area contributed by atoms with Gasteiger partial charge in [0, 0.05) is 25.4 Å². The minimum absolute atomic E-state index is 0.0715. The van der Waals surface area contributed by atoms with Crippen molar-refractivity contribution in [2.24, 2.45) is 0 Å². The molecule has 1 unspecified atom stereocenters. The highest BCUT2D eigenvalue weighted by Gasteiger charge is 2.17. The van der Waals surface area contributed by atoms with Gasteiger partial charge in [0.15, 0.2) is 0 Å². The molecule has 0 radical (unpaired) electrons. The Labute approximate surface area is 113 Å². The Balaban J connectivity index is 1.87. The topological polar surface area (TPSA) is 57.8 Å². The van der Waals surface area contributed by atoms with Crippen LogP contribution in [0, 0.1) is 0 Å². The largest absolute Gasteiger partial charge is 0.355 e. The number of H-pyrrole nitrogens is 1. The summed E-state index contributed by atoms with van der Waals surface area (Å²) in [4.78, 5) is 19.3. The number of imidazole rings is 1. The summed E-state index contributed by atoms with van der Waals surface area (Å²) >= 11 is 0. The molecule has 2 aromatic rings. The molecule has 0 bridgehead atoms. The van der Waals surface area contributed by atoms with Gasteiger partial charge in [0.1, 0.15) is 5.82 Å². The van der Waals surface area contributed by atoms with E-state index in [0.717, 1.165) is 24.2 Å². The van der Waals surface area contributed by atoms with Crippen molar-refractivity contribution in [2.45, 2.75) is 25.7 Å². The van der Waals surface area contributed by atoms with Crippen molar-refractivity contribution in [3.8, 4) is 0 Å². The molecule has 1 atom stereocenters. The number of carbonyl (C=O) groups is 1. The lowest BCUT2D eigenvalue weighted by molar-refractivity contribution is -0.122. The van der Waals surface area contributed by atoms with Crippen molar-refractivity contribution in [2.75, 3.05) is 6.54 Å². The minimum Gasteiger partial charge on any atom is -0.355 e. The van der Waals surface area contributed by atoms with Crippen molar-refractivity contribution >= 4 is 5.91 Å². The summed E-state index contributed by atoms with van der Waals surface area (Å²) in [5, 5.41) is 2.97. The summed E-state index contributed by atoms with van der Waals surface area (Å²) < 4.78 is 0. The zero-order chi connectivity index (χ0) is 13.5. The number of benzene rings is 1. The van der Waals surface area contributed by atoms with E-state index >= 15 is 0 Å². The zero-order valence-electron chi connectivity index (χ0n) is 11.1. The normalized spacial score (nSPS) is 12.1. The van der Waals surface area contributed by atoms with Crippen molar-refractivity contribution < 1.29 is 4.79 Å². The quantitative estimate of drug-likeness (QED) is 0.834. The zero-order valence-corrected chi connectivity index (χ0v) is 11.1. The van der Waals surface area contributed by atoms with Gasteiger partial charge in [-0.3, -0.25) is 4.79 Å². The summed E-state index contributed by atoms with van der Waals surface area (Å²) in [6.07, 6.45) is 5.03. The Hall–Kier alpha value is -2.10. The van der Waals surface area contributed by atoms with Crippen LogP contribution < -0.4 is 5.32 Å².